The molecule has 45 heavy (non-hydrogen) atoms. The van der Waals surface area contributed by atoms with Crippen LogP contribution in [-0.4, -0.2) is 90.2 Å². The van der Waals surface area contributed by atoms with Gasteiger partial charge in [0.15, 0.2) is 10.9 Å². The van der Waals surface area contributed by atoms with E-state index in [1.54, 1.807) is 18.2 Å². The third-order valence-corrected chi connectivity index (χ3v) is 10.8. The van der Waals surface area contributed by atoms with E-state index < -0.39 is 0 Å². The van der Waals surface area contributed by atoms with Gasteiger partial charge in [-0.2, -0.15) is 5.26 Å². The van der Waals surface area contributed by atoms with Crippen molar-refractivity contribution < 1.29 is 18.7 Å². The summed E-state index contributed by atoms with van der Waals surface area (Å²) in [5.74, 6) is -0.395. The number of carbonyl (C=O) groups is 1. The lowest BCUT2D eigenvalue weighted by atomic mass is 9.72. The lowest BCUT2D eigenvalue weighted by molar-refractivity contribution is -0.143. The highest BCUT2D eigenvalue weighted by atomic mass is 32.1. The van der Waals surface area contributed by atoms with Crippen LogP contribution < -0.4 is 9.80 Å². The predicted octanol–water partition coefficient (Wildman–Crippen LogP) is 3.95. The smallest absolute Gasteiger partial charge is 0.236 e. The fourth-order valence-electron chi connectivity index (χ4n) is 7.25. The van der Waals surface area contributed by atoms with Crippen molar-refractivity contribution in [1.82, 2.24) is 19.8 Å². The molecule has 12 heteroatoms. The molecule has 4 aromatic rings. The van der Waals surface area contributed by atoms with Crippen LogP contribution in [0.2, 0.25) is 0 Å². The third kappa shape index (κ3) is 4.64. The van der Waals surface area contributed by atoms with E-state index >= 15 is 4.39 Å². The van der Waals surface area contributed by atoms with Gasteiger partial charge in [-0.25, -0.2) is 18.7 Å². The van der Waals surface area contributed by atoms with Crippen molar-refractivity contribution in [3.63, 3.8) is 0 Å². The fourth-order valence-corrected chi connectivity index (χ4v) is 8.10. The van der Waals surface area contributed by atoms with Crippen LogP contribution in [0.4, 0.5) is 25.3 Å². The summed E-state index contributed by atoms with van der Waals surface area (Å²) in [6.45, 7) is 5.09. The van der Waals surface area contributed by atoms with Gasteiger partial charge in [-0.05, 0) is 54.8 Å². The Bertz CT molecular complexity index is 1890. The first-order valence-corrected chi connectivity index (χ1v) is 16.0. The van der Waals surface area contributed by atoms with E-state index in [-0.39, 0.29) is 35.5 Å². The van der Waals surface area contributed by atoms with E-state index in [9.17, 15) is 19.6 Å². The Morgan fingerprint density at radius 3 is 2.56 bits per heavy atom. The van der Waals surface area contributed by atoms with Gasteiger partial charge in [-0.1, -0.05) is 11.3 Å². The van der Waals surface area contributed by atoms with Gasteiger partial charge in [-0.15, -0.1) is 0 Å². The lowest BCUT2D eigenvalue weighted by Gasteiger charge is -2.61. The molecule has 0 atom stereocenters. The number of hydrogen-bond donors (Lipinski definition) is 1. The number of nitriles is 1. The number of nitrogens with zero attached hydrogens (tertiary/aromatic N) is 7. The number of hydrogen-bond acceptors (Lipinski definition) is 9. The zero-order chi connectivity index (χ0) is 31.0. The van der Waals surface area contributed by atoms with Gasteiger partial charge in [0.25, 0.3) is 0 Å². The quantitative estimate of drug-likeness (QED) is 0.329. The Labute approximate surface area is 262 Å². The number of pyridine rings is 1. The third-order valence-electron chi connectivity index (χ3n) is 9.72. The maximum Gasteiger partial charge on any atom is 0.236 e. The second kappa shape index (κ2) is 10.4. The SMILES string of the molecule is CN(c1nc(-c2ccc(F)cc2)c(C#N)s1)c1c2c(nc3c(F)cc(N4CC5(CN(CC(=O)N6CC(CO)C6)C5)C4)cc13)CC2. The average molecular weight is 628 g/mol. The van der Waals surface area contributed by atoms with Crippen molar-refractivity contribution >= 4 is 44.7 Å². The molecule has 3 fully saturated rings. The maximum absolute atomic E-state index is 15.7. The number of halogens is 2. The summed E-state index contributed by atoms with van der Waals surface area (Å²) >= 11 is 1.25. The van der Waals surface area contributed by atoms with Crippen LogP contribution in [0.5, 0.6) is 0 Å². The molecule has 1 amide bonds. The number of amides is 1. The van der Waals surface area contributed by atoms with Crippen molar-refractivity contribution in [2.75, 3.05) is 69.3 Å². The standard InChI is InChI=1S/C33H31F2N7O2S/c1-39(32-38-29(27(10-36)45-32)20-2-4-21(34)5-3-20)31-23-6-7-26(23)37-30-24(31)8-22(9-25(30)35)42-17-33(18-42)15-40(16-33)13-28(44)41-11-19(12-41)14-43/h2-5,8-9,19,43H,6-7,11-18H2,1H3. The Hall–Kier alpha value is -4.18. The second-order valence-electron chi connectivity index (χ2n) is 12.9. The van der Waals surface area contributed by atoms with Gasteiger partial charge < -0.3 is 19.8 Å². The number of carbonyl (C=O) groups excluding carboxylic acids is 1. The molecule has 8 rings (SSSR count). The number of rotatable bonds is 7. The highest BCUT2D eigenvalue weighted by Gasteiger charge is 2.52. The van der Waals surface area contributed by atoms with Crippen molar-refractivity contribution in [2.24, 2.45) is 11.3 Å². The van der Waals surface area contributed by atoms with Crippen LogP contribution in [0, 0.1) is 34.3 Å². The summed E-state index contributed by atoms with van der Waals surface area (Å²) in [5, 5.41) is 20.4. The van der Waals surface area contributed by atoms with Gasteiger partial charge in [0.2, 0.25) is 5.91 Å². The predicted molar refractivity (Wildman–Crippen MR) is 168 cm³/mol. The molecule has 3 aliphatic heterocycles. The molecule has 0 unspecified atom stereocenters. The molecule has 2 aromatic carbocycles. The Kier molecular flexibility index (Phi) is 6.57. The van der Waals surface area contributed by atoms with Crippen molar-refractivity contribution in [1.29, 1.82) is 5.26 Å². The van der Waals surface area contributed by atoms with Gasteiger partial charge in [-0.3, -0.25) is 9.69 Å². The van der Waals surface area contributed by atoms with Crippen LogP contribution >= 0.6 is 11.3 Å². The first kappa shape index (κ1) is 28.3. The number of aryl methyl sites for hydroxylation is 1. The van der Waals surface area contributed by atoms with Gasteiger partial charge in [0, 0.05) is 86.6 Å². The average Bonchev–Trinajstić information content (AvgIpc) is 3.38. The van der Waals surface area contributed by atoms with Crippen LogP contribution in [0.1, 0.15) is 16.1 Å². The molecule has 0 radical (unpaired) electrons. The number of benzene rings is 2. The molecule has 1 aliphatic carbocycles. The highest BCUT2D eigenvalue weighted by molar-refractivity contribution is 7.16. The molecular weight excluding hydrogens is 596 g/mol. The van der Waals surface area contributed by atoms with E-state index in [4.69, 9.17) is 4.98 Å². The van der Waals surface area contributed by atoms with Crippen LogP contribution in [0.3, 0.4) is 0 Å². The monoisotopic (exact) mass is 627 g/mol. The first-order valence-electron chi connectivity index (χ1n) is 15.2. The summed E-state index contributed by atoms with van der Waals surface area (Å²) < 4.78 is 29.3. The summed E-state index contributed by atoms with van der Waals surface area (Å²) in [6, 6.07) is 11.8. The number of aliphatic hydroxyl groups is 1. The zero-order valence-electron chi connectivity index (χ0n) is 24.8. The Morgan fingerprint density at radius 2 is 1.89 bits per heavy atom. The molecular formula is C33H31F2N7O2S. The van der Waals surface area contributed by atoms with E-state index in [1.807, 2.05) is 22.9 Å². The lowest BCUT2D eigenvalue weighted by Crippen LogP contribution is -2.73. The van der Waals surface area contributed by atoms with Crippen molar-refractivity contribution in [2.45, 2.75) is 12.8 Å². The molecule has 3 saturated heterocycles. The van der Waals surface area contributed by atoms with Crippen LogP contribution in [0.15, 0.2) is 36.4 Å². The van der Waals surface area contributed by atoms with Crippen LogP contribution in [0.25, 0.3) is 22.2 Å². The number of anilines is 3. The molecule has 5 heterocycles. The summed E-state index contributed by atoms with van der Waals surface area (Å²) in [6.07, 6.45) is 1.60. The molecule has 9 nitrogen and oxygen atoms in total. The molecule has 4 aliphatic rings. The van der Waals surface area contributed by atoms with Crippen molar-refractivity contribution in [3.8, 4) is 17.3 Å². The minimum absolute atomic E-state index is 0.109. The number of fused-ring (bicyclic) bond motifs is 2. The summed E-state index contributed by atoms with van der Waals surface area (Å²) in [7, 11) is 1.89. The topological polar surface area (TPSA) is 99.8 Å². The van der Waals surface area contributed by atoms with Gasteiger partial charge in [0.05, 0.1) is 12.2 Å². The number of thiazole rings is 1. The van der Waals surface area contributed by atoms with Crippen LogP contribution in [-0.2, 0) is 17.6 Å². The Balaban J connectivity index is 1.04. The largest absolute Gasteiger partial charge is 0.396 e. The highest BCUT2D eigenvalue weighted by Crippen LogP contribution is 2.46. The molecule has 230 valence electrons. The van der Waals surface area contributed by atoms with E-state index in [0.717, 1.165) is 61.7 Å². The second-order valence-corrected chi connectivity index (χ2v) is 13.9. The van der Waals surface area contributed by atoms with E-state index in [1.165, 1.54) is 23.5 Å². The number of aliphatic hydroxyl groups excluding tert-OH is 1. The minimum atomic E-state index is -0.367. The molecule has 0 saturated carbocycles. The van der Waals surface area contributed by atoms with Gasteiger partial charge in [0.1, 0.15) is 28.0 Å². The van der Waals surface area contributed by atoms with Gasteiger partial charge >= 0.3 is 0 Å². The van der Waals surface area contributed by atoms with Crippen molar-refractivity contribution in [3.05, 3.63) is 64.2 Å². The maximum atomic E-state index is 15.7. The molecule has 1 N–H and O–H groups in total. The fraction of sp³-hybridized carbons (Fsp3) is 0.394. The number of likely N-dealkylation sites (tertiary alicyclic amines) is 2. The van der Waals surface area contributed by atoms with E-state index in [2.05, 4.69) is 20.9 Å². The molecule has 0 bridgehead atoms. The summed E-state index contributed by atoms with van der Waals surface area (Å²) in [4.78, 5) is 30.5. The summed E-state index contributed by atoms with van der Waals surface area (Å²) in [5.41, 5.74) is 5.18. The first-order chi connectivity index (χ1) is 21.7. The minimum Gasteiger partial charge on any atom is -0.396 e. The zero-order valence-corrected chi connectivity index (χ0v) is 25.6. The molecule has 2 aromatic heterocycles. The normalized spacial score (nSPS) is 18.6. The van der Waals surface area contributed by atoms with E-state index in [0.29, 0.717) is 51.8 Å². The Morgan fingerprint density at radius 1 is 1.13 bits per heavy atom. The number of aromatic nitrogens is 2. The molecule has 1 spiro atoms.